The predicted octanol–water partition coefficient (Wildman–Crippen LogP) is 4.98. The van der Waals surface area contributed by atoms with Crippen molar-refractivity contribution < 1.29 is 0 Å². The molecule has 1 aliphatic heterocycles. The zero-order valence-electron chi connectivity index (χ0n) is 15.2. The molecule has 1 atom stereocenters. The van der Waals surface area contributed by atoms with E-state index in [1.54, 1.807) is 0 Å². The molecule has 0 aliphatic carbocycles. The number of nitriles is 1. The summed E-state index contributed by atoms with van der Waals surface area (Å²) in [6.45, 7) is 3.98. The van der Waals surface area contributed by atoms with E-state index in [4.69, 9.17) is 11.6 Å². The Morgan fingerprint density at radius 2 is 1.81 bits per heavy atom. The van der Waals surface area contributed by atoms with E-state index >= 15 is 0 Å². The number of benzene rings is 3. The lowest BCUT2D eigenvalue weighted by Gasteiger charge is -2.28. The number of fused-ring (bicyclic) bond motifs is 1. The van der Waals surface area contributed by atoms with E-state index in [-0.39, 0.29) is 0 Å². The van der Waals surface area contributed by atoms with E-state index in [0.717, 1.165) is 47.5 Å². The monoisotopic (exact) mass is 375 g/mol. The minimum absolute atomic E-state index is 0.644. The van der Waals surface area contributed by atoms with E-state index in [9.17, 15) is 5.26 Å². The maximum atomic E-state index is 9.42. The number of rotatable bonds is 5. The lowest BCUT2D eigenvalue weighted by atomic mass is 9.99. The van der Waals surface area contributed by atoms with Crippen LogP contribution in [0.5, 0.6) is 0 Å². The molecule has 1 N–H and O–H groups in total. The Hall–Kier alpha value is -2.54. The van der Waals surface area contributed by atoms with Crippen molar-refractivity contribution in [1.29, 1.82) is 5.26 Å². The van der Waals surface area contributed by atoms with Crippen LogP contribution in [-0.2, 0) is 6.54 Å². The van der Waals surface area contributed by atoms with Crippen molar-refractivity contribution in [3.63, 3.8) is 0 Å². The molecular formula is C23H22ClN3. The molecule has 27 heavy (non-hydrogen) atoms. The molecule has 3 aromatic carbocycles. The highest BCUT2D eigenvalue weighted by molar-refractivity contribution is 6.30. The molecule has 3 nitrogen and oxygen atoms in total. The zero-order chi connectivity index (χ0) is 18.6. The summed E-state index contributed by atoms with van der Waals surface area (Å²) in [6.07, 6.45) is 1.21. The van der Waals surface area contributed by atoms with Crippen molar-refractivity contribution in [3.8, 4) is 6.07 Å². The van der Waals surface area contributed by atoms with E-state index < -0.39 is 0 Å². The van der Waals surface area contributed by atoms with Gasteiger partial charge >= 0.3 is 0 Å². The molecule has 3 aromatic rings. The molecule has 0 aromatic heterocycles. The summed E-state index contributed by atoms with van der Waals surface area (Å²) in [4.78, 5) is 2.43. The summed E-state index contributed by atoms with van der Waals surface area (Å²) in [5.74, 6) is 0.644. The van der Waals surface area contributed by atoms with Crippen LogP contribution < -0.4 is 10.2 Å². The fraction of sp³-hybridized carbons (Fsp3) is 0.261. The first-order chi connectivity index (χ1) is 13.2. The van der Waals surface area contributed by atoms with E-state index in [1.165, 1.54) is 17.7 Å². The molecule has 1 aliphatic rings. The first kappa shape index (κ1) is 17.9. The molecule has 0 saturated carbocycles. The van der Waals surface area contributed by atoms with Gasteiger partial charge in [-0.1, -0.05) is 41.9 Å². The third-order valence-electron chi connectivity index (χ3n) is 5.33. The van der Waals surface area contributed by atoms with E-state index in [1.807, 2.05) is 30.3 Å². The molecule has 136 valence electrons. The average molecular weight is 376 g/mol. The maximum Gasteiger partial charge on any atom is 0.0998 e. The highest BCUT2D eigenvalue weighted by Crippen LogP contribution is 2.27. The largest absolute Gasteiger partial charge is 0.367 e. The molecule has 4 heteroatoms. The van der Waals surface area contributed by atoms with Crippen molar-refractivity contribution in [2.75, 3.05) is 24.5 Å². The number of nitrogens with one attached hydrogen (secondary N) is 1. The van der Waals surface area contributed by atoms with E-state index in [2.05, 4.69) is 46.6 Å². The number of hydrogen-bond donors (Lipinski definition) is 1. The van der Waals surface area contributed by atoms with Gasteiger partial charge in [0.25, 0.3) is 0 Å². The van der Waals surface area contributed by atoms with Crippen molar-refractivity contribution in [1.82, 2.24) is 5.32 Å². The standard InChI is InChI=1S/C23H22ClN3/c24-20-7-9-21(10-8-20)27(15-17-11-12-26-14-17)16-19-4-2-5-22-18(13-25)3-1-6-23(19)22/h1-10,17,26H,11-12,14-16H2. The topological polar surface area (TPSA) is 39.1 Å². The third kappa shape index (κ3) is 3.93. The van der Waals surface area contributed by atoms with Crippen molar-refractivity contribution in [2.45, 2.75) is 13.0 Å². The summed E-state index contributed by atoms with van der Waals surface area (Å²) >= 11 is 6.10. The fourth-order valence-electron chi connectivity index (χ4n) is 3.91. The fourth-order valence-corrected chi connectivity index (χ4v) is 4.04. The molecular weight excluding hydrogens is 354 g/mol. The van der Waals surface area contributed by atoms with Gasteiger partial charge < -0.3 is 10.2 Å². The lowest BCUT2D eigenvalue weighted by Crippen LogP contribution is -2.30. The summed E-state index contributed by atoms with van der Waals surface area (Å²) in [6, 6.07) is 22.6. The smallest absolute Gasteiger partial charge is 0.0998 e. The Labute approximate surface area is 165 Å². The molecule has 1 fully saturated rings. The van der Waals surface area contributed by atoms with Gasteiger partial charge in [0.05, 0.1) is 11.6 Å². The molecule has 0 bridgehead atoms. The van der Waals surface area contributed by atoms with Crippen LogP contribution in [0.4, 0.5) is 5.69 Å². The van der Waals surface area contributed by atoms with Crippen LogP contribution >= 0.6 is 11.6 Å². The summed E-state index contributed by atoms with van der Waals surface area (Å²) in [7, 11) is 0. The van der Waals surface area contributed by atoms with Crippen molar-refractivity contribution in [3.05, 3.63) is 76.8 Å². The Morgan fingerprint density at radius 1 is 1.04 bits per heavy atom. The van der Waals surface area contributed by atoms with Gasteiger partial charge in [-0.05, 0) is 72.1 Å². The SMILES string of the molecule is N#Cc1cccc2c(CN(CC3CCNC3)c3ccc(Cl)cc3)cccc12. The Kier molecular flexibility index (Phi) is 5.29. The quantitative estimate of drug-likeness (QED) is 0.683. The van der Waals surface area contributed by atoms with Crippen LogP contribution in [0, 0.1) is 17.2 Å². The number of halogens is 1. The van der Waals surface area contributed by atoms with Gasteiger partial charge in [-0.3, -0.25) is 0 Å². The Morgan fingerprint density at radius 3 is 2.56 bits per heavy atom. The average Bonchev–Trinajstić information content (AvgIpc) is 3.21. The van der Waals surface area contributed by atoms with Crippen LogP contribution in [0.15, 0.2) is 60.7 Å². The third-order valence-corrected chi connectivity index (χ3v) is 5.58. The van der Waals surface area contributed by atoms with Crippen LogP contribution in [0.3, 0.4) is 0 Å². The highest BCUT2D eigenvalue weighted by Gasteiger charge is 2.19. The zero-order valence-corrected chi connectivity index (χ0v) is 15.9. The molecule has 4 rings (SSSR count). The highest BCUT2D eigenvalue weighted by atomic mass is 35.5. The second kappa shape index (κ2) is 8.00. The predicted molar refractivity (Wildman–Crippen MR) is 112 cm³/mol. The minimum Gasteiger partial charge on any atom is -0.367 e. The molecule has 0 amide bonds. The first-order valence-electron chi connectivity index (χ1n) is 9.36. The Balaban J connectivity index is 1.70. The number of hydrogen-bond acceptors (Lipinski definition) is 3. The summed E-state index contributed by atoms with van der Waals surface area (Å²) in [5, 5.41) is 15.8. The van der Waals surface area contributed by atoms with Gasteiger partial charge in [0.1, 0.15) is 0 Å². The first-order valence-corrected chi connectivity index (χ1v) is 9.74. The van der Waals surface area contributed by atoms with Gasteiger partial charge in [0.2, 0.25) is 0 Å². The normalized spacial score (nSPS) is 16.4. The number of nitrogens with zero attached hydrogens (tertiary/aromatic N) is 2. The molecule has 0 radical (unpaired) electrons. The van der Waals surface area contributed by atoms with Crippen LogP contribution in [0.25, 0.3) is 10.8 Å². The van der Waals surface area contributed by atoms with Gasteiger partial charge in [-0.25, -0.2) is 0 Å². The minimum atomic E-state index is 0.644. The van der Waals surface area contributed by atoms with Crippen LogP contribution in [0.1, 0.15) is 17.5 Å². The maximum absolute atomic E-state index is 9.42. The summed E-state index contributed by atoms with van der Waals surface area (Å²) < 4.78 is 0. The van der Waals surface area contributed by atoms with Gasteiger partial charge in [0, 0.05) is 23.8 Å². The lowest BCUT2D eigenvalue weighted by molar-refractivity contribution is 0.558. The van der Waals surface area contributed by atoms with Gasteiger partial charge in [0.15, 0.2) is 0 Å². The number of anilines is 1. The second-order valence-electron chi connectivity index (χ2n) is 7.15. The van der Waals surface area contributed by atoms with Crippen molar-refractivity contribution >= 4 is 28.1 Å². The summed E-state index contributed by atoms with van der Waals surface area (Å²) in [5.41, 5.74) is 3.15. The van der Waals surface area contributed by atoms with Crippen LogP contribution in [0.2, 0.25) is 5.02 Å². The second-order valence-corrected chi connectivity index (χ2v) is 7.58. The molecule has 1 saturated heterocycles. The van der Waals surface area contributed by atoms with Gasteiger partial charge in [-0.15, -0.1) is 0 Å². The molecule has 1 unspecified atom stereocenters. The molecule has 1 heterocycles. The van der Waals surface area contributed by atoms with Gasteiger partial charge in [-0.2, -0.15) is 5.26 Å². The Bertz CT molecular complexity index is 969. The van der Waals surface area contributed by atoms with Crippen molar-refractivity contribution in [2.24, 2.45) is 5.92 Å². The van der Waals surface area contributed by atoms with Crippen LogP contribution in [-0.4, -0.2) is 19.6 Å². The molecule has 0 spiro atoms. The van der Waals surface area contributed by atoms with E-state index in [0.29, 0.717) is 5.92 Å².